The minimum atomic E-state index is -0.548. The Labute approximate surface area is 117 Å². The zero-order valence-electron chi connectivity index (χ0n) is 9.91. The van der Waals surface area contributed by atoms with Crippen LogP contribution in [-0.2, 0) is 4.74 Å². The molecule has 0 N–H and O–H groups in total. The monoisotopic (exact) mass is 326 g/mol. The van der Waals surface area contributed by atoms with Crippen molar-refractivity contribution in [1.29, 1.82) is 0 Å². The van der Waals surface area contributed by atoms with Crippen LogP contribution in [0.1, 0.15) is 10.4 Å². The molecule has 0 saturated carbocycles. The van der Waals surface area contributed by atoms with E-state index < -0.39 is 17.6 Å². The number of esters is 1. The number of carbonyl (C=O) groups is 1. The van der Waals surface area contributed by atoms with Gasteiger partial charge in [0.1, 0.15) is 11.6 Å². The van der Waals surface area contributed by atoms with Crippen LogP contribution >= 0.6 is 15.9 Å². The molecular weight excluding hydrogens is 318 g/mol. The van der Waals surface area contributed by atoms with Crippen molar-refractivity contribution in [2.45, 2.75) is 0 Å². The number of benzene rings is 2. The van der Waals surface area contributed by atoms with E-state index in [0.29, 0.717) is 11.1 Å². The van der Waals surface area contributed by atoms with Crippen molar-refractivity contribution in [3.63, 3.8) is 0 Å². The number of halogens is 3. The Morgan fingerprint density at radius 1 is 1.11 bits per heavy atom. The molecule has 0 aliphatic heterocycles. The Hall–Kier alpha value is -1.75. The van der Waals surface area contributed by atoms with Crippen LogP contribution < -0.4 is 0 Å². The van der Waals surface area contributed by atoms with Crippen molar-refractivity contribution in [1.82, 2.24) is 0 Å². The lowest BCUT2D eigenvalue weighted by atomic mass is 10.0. The van der Waals surface area contributed by atoms with E-state index in [4.69, 9.17) is 0 Å². The van der Waals surface area contributed by atoms with Gasteiger partial charge in [0.15, 0.2) is 0 Å². The third-order valence-electron chi connectivity index (χ3n) is 2.63. The highest BCUT2D eigenvalue weighted by Crippen LogP contribution is 2.28. The van der Waals surface area contributed by atoms with Gasteiger partial charge in [-0.15, -0.1) is 0 Å². The Balaban J connectivity index is 2.43. The third kappa shape index (κ3) is 2.81. The Bertz CT molecular complexity index is 624. The van der Waals surface area contributed by atoms with E-state index in [0.717, 1.165) is 12.1 Å². The second-order valence-electron chi connectivity index (χ2n) is 3.82. The maximum Gasteiger partial charge on any atom is 0.337 e. The van der Waals surface area contributed by atoms with Crippen molar-refractivity contribution in [3.05, 3.63) is 58.1 Å². The van der Waals surface area contributed by atoms with Gasteiger partial charge in [-0.3, -0.25) is 0 Å². The van der Waals surface area contributed by atoms with E-state index in [1.165, 1.54) is 31.4 Å². The average molecular weight is 327 g/mol. The summed E-state index contributed by atoms with van der Waals surface area (Å²) in [5.74, 6) is -1.57. The summed E-state index contributed by atoms with van der Waals surface area (Å²) in [6.45, 7) is 0. The van der Waals surface area contributed by atoms with Crippen molar-refractivity contribution >= 4 is 21.9 Å². The Kier molecular flexibility index (Phi) is 3.95. The van der Waals surface area contributed by atoms with Crippen molar-refractivity contribution < 1.29 is 18.3 Å². The number of rotatable bonds is 2. The molecule has 98 valence electrons. The lowest BCUT2D eigenvalue weighted by molar-refractivity contribution is 0.0601. The van der Waals surface area contributed by atoms with Gasteiger partial charge < -0.3 is 4.74 Å². The molecule has 0 heterocycles. The van der Waals surface area contributed by atoms with Crippen LogP contribution in [0.25, 0.3) is 11.1 Å². The van der Waals surface area contributed by atoms with Crippen LogP contribution in [0.2, 0.25) is 0 Å². The molecule has 0 aliphatic rings. The number of carbonyl (C=O) groups excluding carboxylic acids is 1. The summed E-state index contributed by atoms with van der Waals surface area (Å²) in [7, 11) is 1.28. The number of hydrogen-bond donors (Lipinski definition) is 0. The standard InChI is InChI=1S/C14H9BrF2O2/c1-19-14(18)9-4-2-8(3-5-9)10-6-13(17)11(15)7-12(10)16/h2-7H,1H3. The topological polar surface area (TPSA) is 26.3 Å². The molecule has 0 fully saturated rings. The first-order valence-electron chi connectivity index (χ1n) is 5.36. The lowest BCUT2D eigenvalue weighted by Gasteiger charge is -2.06. The van der Waals surface area contributed by atoms with Crippen molar-refractivity contribution in [2.24, 2.45) is 0 Å². The Morgan fingerprint density at radius 2 is 1.74 bits per heavy atom. The molecule has 2 nitrogen and oxygen atoms in total. The van der Waals surface area contributed by atoms with Crippen LogP contribution in [0.5, 0.6) is 0 Å². The van der Waals surface area contributed by atoms with Crippen LogP contribution in [0.3, 0.4) is 0 Å². The van der Waals surface area contributed by atoms with E-state index >= 15 is 0 Å². The molecule has 0 atom stereocenters. The van der Waals surface area contributed by atoms with E-state index in [9.17, 15) is 13.6 Å². The molecule has 0 spiro atoms. The normalized spacial score (nSPS) is 10.3. The second kappa shape index (κ2) is 5.48. The highest BCUT2D eigenvalue weighted by atomic mass is 79.9. The van der Waals surface area contributed by atoms with Crippen LogP contribution in [0, 0.1) is 11.6 Å². The lowest BCUT2D eigenvalue weighted by Crippen LogP contribution is -2.00. The molecule has 0 unspecified atom stereocenters. The molecule has 0 saturated heterocycles. The average Bonchev–Trinajstić information content (AvgIpc) is 2.42. The molecular formula is C14H9BrF2O2. The molecule has 0 bridgehead atoms. The summed E-state index contributed by atoms with van der Waals surface area (Å²) in [6, 6.07) is 8.25. The van der Waals surface area contributed by atoms with Gasteiger partial charge in [0.2, 0.25) is 0 Å². The van der Waals surface area contributed by atoms with Crippen LogP contribution in [0.4, 0.5) is 8.78 Å². The summed E-state index contributed by atoms with van der Waals surface area (Å²) in [4.78, 5) is 11.3. The SMILES string of the molecule is COC(=O)c1ccc(-c2cc(F)c(Br)cc2F)cc1. The minimum Gasteiger partial charge on any atom is -0.465 e. The van der Waals surface area contributed by atoms with Gasteiger partial charge in [-0.1, -0.05) is 12.1 Å². The van der Waals surface area contributed by atoms with Gasteiger partial charge >= 0.3 is 5.97 Å². The first-order valence-corrected chi connectivity index (χ1v) is 6.15. The molecule has 2 rings (SSSR count). The largest absolute Gasteiger partial charge is 0.465 e. The molecule has 5 heteroatoms. The van der Waals surface area contributed by atoms with E-state index in [2.05, 4.69) is 20.7 Å². The predicted octanol–water partition coefficient (Wildman–Crippen LogP) is 4.18. The smallest absolute Gasteiger partial charge is 0.337 e. The summed E-state index contributed by atoms with van der Waals surface area (Å²) < 4.78 is 31.8. The minimum absolute atomic E-state index is 0.0694. The highest BCUT2D eigenvalue weighted by Gasteiger charge is 2.11. The zero-order chi connectivity index (χ0) is 14.0. The second-order valence-corrected chi connectivity index (χ2v) is 4.67. The van der Waals surface area contributed by atoms with Gasteiger partial charge in [0.05, 0.1) is 17.1 Å². The van der Waals surface area contributed by atoms with Gasteiger partial charge in [-0.2, -0.15) is 0 Å². The van der Waals surface area contributed by atoms with Crippen molar-refractivity contribution in [3.8, 4) is 11.1 Å². The molecule has 2 aromatic rings. The van der Waals surface area contributed by atoms with Gasteiger partial charge in [0, 0.05) is 5.56 Å². The van der Waals surface area contributed by atoms with Gasteiger partial charge in [0.25, 0.3) is 0 Å². The van der Waals surface area contributed by atoms with Crippen molar-refractivity contribution in [2.75, 3.05) is 7.11 Å². The summed E-state index contributed by atoms with van der Waals surface area (Å²) >= 11 is 2.92. The highest BCUT2D eigenvalue weighted by molar-refractivity contribution is 9.10. The van der Waals surface area contributed by atoms with E-state index in [1.54, 1.807) is 0 Å². The van der Waals surface area contributed by atoms with Crippen LogP contribution in [0.15, 0.2) is 40.9 Å². The maximum absolute atomic E-state index is 13.8. The fourth-order valence-corrected chi connectivity index (χ4v) is 1.96. The quantitative estimate of drug-likeness (QED) is 0.611. The van der Waals surface area contributed by atoms with Crippen LogP contribution in [-0.4, -0.2) is 13.1 Å². The number of ether oxygens (including phenoxy) is 1. The molecule has 0 amide bonds. The molecule has 2 aromatic carbocycles. The number of methoxy groups -OCH3 is 1. The molecule has 0 aromatic heterocycles. The Morgan fingerprint density at radius 3 is 2.32 bits per heavy atom. The van der Waals surface area contributed by atoms with Gasteiger partial charge in [-0.25, -0.2) is 13.6 Å². The fraction of sp³-hybridized carbons (Fsp3) is 0.0714. The first-order chi connectivity index (χ1) is 9.02. The first kappa shape index (κ1) is 13.7. The maximum atomic E-state index is 13.8. The number of hydrogen-bond acceptors (Lipinski definition) is 2. The molecule has 0 aliphatic carbocycles. The summed E-state index contributed by atoms with van der Waals surface area (Å²) in [5.41, 5.74) is 0.970. The zero-order valence-corrected chi connectivity index (χ0v) is 11.5. The molecule has 19 heavy (non-hydrogen) atoms. The van der Waals surface area contributed by atoms with E-state index in [1.807, 2.05) is 0 Å². The van der Waals surface area contributed by atoms with E-state index in [-0.39, 0.29) is 10.0 Å². The molecule has 0 radical (unpaired) electrons. The van der Waals surface area contributed by atoms with Gasteiger partial charge in [-0.05, 0) is 45.8 Å². The fourth-order valence-electron chi connectivity index (χ4n) is 1.65. The predicted molar refractivity (Wildman–Crippen MR) is 70.8 cm³/mol. The third-order valence-corrected chi connectivity index (χ3v) is 3.23. The summed E-state index contributed by atoms with van der Waals surface area (Å²) in [6.07, 6.45) is 0. The summed E-state index contributed by atoms with van der Waals surface area (Å²) in [5, 5.41) is 0.